The summed E-state index contributed by atoms with van der Waals surface area (Å²) in [5.74, 6) is 0. The summed E-state index contributed by atoms with van der Waals surface area (Å²) in [5.41, 5.74) is 1.53. The summed E-state index contributed by atoms with van der Waals surface area (Å²) >= 11 is 12.0. The third kappa shape index (κ3) is 4.78. The highest BCUT2D eigenvalue weighted by Gasteiger charge is 2.29. The Balaban J connectivity index is 1.68. The maximum atomic E-state index is 13.0. The fraction of sp³-hybridized carbons (Fsp3) is 0.316. The van der Waals surface area contributed by atoms with Crippen molar-refractivity contribution in [2.24, 2.45) is 0 Å². The average Bonchev–Trinajstić information content (AvgIpc) is 2.90. The van der Waals surface area contributed by atoms with Crippen LogP contribution in [0.2, 0.25) is 10.0 Å². The molecule has 0 aliphatic carbocycles. The number of nitrogens with one attached hydrogen (secondary N) is 1. The SMILES string of the molecule is Cc1ccc(S(=O)(=O)N2CCCN(C(=O)Nc3ccc(Cl)cc3)CC2)c(Cl)c1. The Morgan fingerprint density at radius 1 is 1.00 bits per heavy atom. The van der Waals surface area contributed by atoms with E-state index < -0.39 is 10.0 Å². The van der Waals surface area contributed by atoms with Crippen LogP contribution in [-0.2, 0) is 10.0 Å². The second-order valence-corrected chi connectivity index (χ2v) is 9.37. The molecular formula is C19H21Cl2N3O3S. The zero-order chi connectivity index (χ0) is 20.3. The second kappa shape index (κ2) is 8.69. The average molecular weight is 442 g/mol. The fourth-order valence-electron chi connectivity index (χ4n) is 3.03. The molecule has 1 saturated heterocycles. The van der Waals surface area contributed by atoms with Gasteiger partial charge in [-0.2, -0.15) is 4.31 Å². The van der Waals surface area contributed by atoms with Crippen molar-refractivity contribution in [2.45, 2.75) is 18.2 Å². The van der Waals surface area contributed by atoms with E-state index in [9.17, 15) is 13.2 Å². The minimum Gasteiger partial charge on any atom is -0.323 e. The second-order valence-electron chi connectivity index (χ2n) is 6.62. The van der Waals surface area contributed by atoms with Gasteiger partial charge in [0.25, 0.3) is 0 Å². The molecule has 0 atom stereocenters. The molecule has 2 amide bonds. The lowest BCUT2D eigenvalue weighted by Gasteiger charge is -2.22. The molecule has 1 aliphatic heterocycles. The molecule has 1 N–H and O–H groups in total. The molecule has 28 heavy (non-hydrogen) atoms. The molecule has 1 aliphatic rings. The Labute approximate surface area is 175 Å². The van der Waals surface area contributed by atoms with Crippen LogP contribution in [0.15, 0.2) is 47.4 Å². The molecule has 150 valence electrons. The molecule has 6 nitrogen and oxygen atoms in total. The summed E-state index contributed by atoms with van der Waals surface area (Å²) in [7, 11) is -3.72. The number of benzene rings is 2. The highest BCUT2D eigenvalue weighted by molar-refractivity contribution is 7.89. The van der Waals surface area contributed by atoms with E-state index in [1.165, 1.54) is 10.4 Å². The number of amides is 2. The van der Waals surface area contributed by atoms with Gasteiger partial charge in [-0.1, -0.05) is 29.3 Å². The van der Waals surface area contributed by atoms with E-state index in [2.05, 4.69) is 5.32 Å². The van der Waals surface area contributed by atoms with Gasteiger partial charge < -0.3 is 10.2 Å². The zero-order valence-corrected chi connectivity index (χ0v) is 17.7. The number of halogens is 2. The van der Waals surface area contributed by atoms with Gasteiger partial charge in [0, 0.05) is 36.9 Å². The lowest BCUT2D eigenvalue weighted by Crippen LogP contribution is -2.39. The minimum atomic E-state index is -3.72. The van der Waals surface area contributed by atoms with Crippen molar-refractivity contribution >= 4 is 44.9 Å². The van der Waals surface area contributed by atoms with Crippen LogP contribution in [0.25, 0.3) is 0 Å². The topological polar surface area (TPSA) is 69.7 Å². The number of urea groups is 1. The molecule has 0 bridgehead atoms. The standard InChI is InChI=1S/C19H21Cl2N3O3S/c1-14-3-8-18(17(21)13-14)28(26,27)24-10-2-9-23(11-12-24)19(25)22-16-6-4-15(20)5-7-16/h3-8,13H,2,9-12H2,1H3,(H,22,25). The Morgan fingerprint density at radius 2 is 1.71 bits per heavy atom. The van der Waals surface area contributed by atoms with Crippen molar-refractivity contribution in [3.05, 3.63) is 58.1 Å². The molecule has 3 rings (SSSR count). The third-order valence-electron chi connectivity index (χ3n) is 4.54. The quantitative estimate of drug-likeness (QED) is 0.774. The van der Waals surface area contributed by atoms with Crippen LogP contribution < -0.4 is 5.32 Å². The predicted molar refractivity (Wildman–Crippen MR) is 112 cm³/mol. The first-order valence-electron chi connectivity index (χ1n) is 8.85. The Bertz CT molecular complexity index is 965. The monoisotopic (exact) mass is 441 g/mol. The first kappa shape index (κ1) is 20.9. The van der Waals surface area contributed by atoms with E-state index in [1.807, 2.05) is 6.92 Å². The lowest BCUT2D eigenvalue weighted by atomic mass is 10.2. The number of nitrogens with zero attached hydrogens (tertiary/aromatic N) is 2. The van der Waals surface area contributed by atoms with Crippen LogP contribution in [0.5, 0.6) is 0 Å². The number of anilines is 1. The van der Waals surface area contributed by atoms with Gasteiger partial charge in [-0.05, 0) is 55.3 Å². The first-order chi connectivity index (χ1) is 13.3. The minimum absolute atomic E-state index is 0.0961. The number of hydrogen-bond donors (Lipinski definition) is 1. The summed E-state index contributed by atoms with van der Waals surface area (Å²) in [6.07, 6.45) is 0.538. The molecule has 9 heteroatoms. The number of aryl methyl sites for hydroxylation is 1. The highest BCUT2D eigenvalue weighted by atomic mass is 35.5. The van der Waals surface area contributed by atoms with Crippen LogP contribution in [0, 0.1) is 6.92 Å². The maximum absolute atomic E-state index is 13.0. The van der Waals surface area contributed by atoms with Crippen LogP contribution in [0.3, 0.4) is 0 Å². The molecular weight excluding hydrogens is 421 g/mol. The van der Waals surface area contributed by atoms with E-state index in [0.29, 0.717) is 36.8 Å². The van der Waals surface area contributed by atoms with Crippen molar-refractivity contribution in [1.29, 1.82) is 0 Å². The summed E-state index contributed by atoms with van der Waals surface area (Å²) in [5, 5.41) is 3.60. The lowest BCUT2D eigenvalue weighted by molar-refractivity contribution is 0.214. The Kier molecular flexibility index (Phi) is 6.50. The molecule has 2 aromatic carbocycles. The summed E-state index contributed by atoms with van der Waals surface area (Å²) in [6.45, 7) is 3.15. The smallest absolute Gasteiger partial charge is 0.321 e. The fourth-order valence-corrected chi connectivity index (χ4v) is 5.20. The van der Waals surface area contributed by atoms with Crippen molar-refractivity contribution in [3.63, 3.8) is 0 Å². The molecule has 0 radical (unpaired) electrons. The summed E-state index contributed by atoms with van der Waals surface area (Å²) < 4.78 is 27.4. The van der Waals surface area contributed by atoms with Crippen LogP contribution >= 0.6 is 23.2 Å². The number of carbonyl (C=O) groups is 1. The molecule has 0 unspecified atom stereocenters. The molecule has 1 fully saturated rings. The van der Waals surface area contributed by atoms with Crippen LogP contribution in [0.4, 0.5) is 10.5 Å². The summed E-state index contributed by atoms with van der Waals surface area (Å²) in [4.78, 5) is 14.2. The van der Waals surface area contributed by atoms with Gasteiger partial charge >= 0.3 is 6.03 Å². The van der Waals surface area contributed by atoms with Gasteiger partial charge in [0.15, 0.2) is 0 Å². The number of sulfonamides is 1. The van der Waals surface area contributed by atoms with Gasteiger partial charge in [0.1, 0.15) is 4.90 Å². The highest BCUT2D eigenvalue weighted by Crippen LogP contribution is 2.26. The largest absolute Gasteiger partial charge is 0.323 e. The van der Waals surface area contributed by atoms with E-state index in [-0.39, 0.29) is 22.5 Å². The van der Waals surface area contributed by atoms with Crippen LogP contribution in [0.1, 0.15) is 12.0 Å². The van der Waals surface area contributed by atoms with Crippen molar-refractivity contribution in [3.8, 4) is 0 Å². The third-order valence-corrected chi connectivity index (χ3v) is 7.18. The maximum Gasteiger partial charge on any atom is 0.321 e. The van der Waals surface area contributed by atoms with Crippen molar-refractivity contribution in [2.75, 3.05) is 31.5 Å². The summed E-state index contributed by atoms with van der Waals surface area (Å²) in [6, 6.07) is 11.4. The van der Waals surface area contributed by atoms with Gasteiger partial charge in [0.2, 0.25) is 10.0 Å². The number of carbonyl (C=O) groups excluding carboxylic acids is 1. The Hall–Kier alpha value is -1.80. The first-order valence-corrected chi connectivity index (χ1v) is 11.0. The van der Waals surface area contributed by atoms with Gasteiger partial charge in [-0.25, -0.2) is 13.2 Å². The van der Waals surface area contributed by atoms with Gasteiger partial charge in [-0.3, -0.25) is 0 Å². The normalized spacial score (nSPS) is 15.9. The Morgan fingerprint density at radius 3 is 2.39 bits per heavy atom. The molecule has 0 spiro atoms. The van der Waals surface area contributed by atoms with Crippen molar-refractivity contribution < 1.29 is 13.2 Å². The number of rotatable bonds is 3. The molecule has 2 aromatic rings. The number of hydrogen-bond acceptors (Lipinski definition) is 3. The van der Waals surface area contributed by atoms with Crippen LogP contribution in [-0.4, -0.2) is 49.8 Å². The van der Waals surface area contributed by atoms with Crippen molar-refractivity contribution in [1.82, 2.24) is 9.21 Å². The van der Waals surface area contributed by atoms with E-state index in [4.69, 9.17) is 23.2 Å². The molecule has 1 heterocycles. The molecule has 0 aromatic heterocycles. The van der Waals surface area contributed by atoms with E-state index in [1.54, 1.807) is 41.3 Å². The van der Waals surface area contributed by atoms with E-state index >= 15 is 0 Å². The van der Waals surface area contributed by atoms with E-state index in [0.717, 1.165) is 5.56 Å². The van der Waals surface area contributed by atoms with Gasteiger partial charge in [-0.15, -0.1) is 0 Å². The van der Waals surface area contributed by atoms with Gasteiger partial charge in [0.05, 0.1) is 5.02 Å². The predicted octanol–water partition coefficient (Wildman–Crippen LogP) is 4.23. The zero-order valence-electron chi connectivity index (χ0n) is 15.4. The molecule has 0 saturated carbocycles.